The van der Waals surface area contributed by atoms with Crippen molar-refractivity contribution in [2.45, 2.75) is 281 Å². The molecule has 0 bridgehead atoms. The standard InChI is InChI=1S/C59H105NO8/c1-3-5-7-9-11-13-15-17-19-21-23-25-26-27-29-30-32-34-36-38-40-42-44-46-48-53(62)52(51-67-59-58(66)57(65)56(64)54(50-61)68-59)60-55(63)49-47-45-43-41-39-37-35-33-31-28-24-22-20-18-16-14-12-10-8-6-4-2/h6,8,12,14,18,20,24,28,33,35,46,48,52-54,56-59,61-62,64-66H,3-5,7,9-11,13,15-17,19,21-23,25-27,29-32,34,36-45,47,49-51H2,1-2H3,(H,60,63)/b8-6-,14-12-,20-18-,28-24-,35-33-,48-46+. The number of aliphatic hydroxyl groups excluding tert-OH is 5. The van der Waals surface area contributed by atoms with Crippen LogP contribution in [-0.2, 0) is 14.3 Å². The monoisotopic (exact) mass is 956 g/mol. The summed E-state index contributed by atoms with van der Waals surface area (Å²) in [5.74, 6) is -0.196. The fourth-order valence-corrected chi connectivity index (χ4v) is 8.60. The lowest BCUT2D eigenvalue weighted by atomic mass is 9.99. The first-order valence-electron chi connectivity index (χ1n) is 28.2. The van der Waals surface area contributed by atoms with Gasteiger partial charge in [-0.05, 0) is 64.2 Å². The molecular weight excluding hydrogens is 851 g/mol. The summed E-state index contributed by atoms with van der Waals surface area (Å²) < 4.78 is 11.3. The number of hydrogen-bond donors (Lipinski definition) is 6. The molecule has 1 fully saturated rings. The number of amides is 1. The van der Waals surface area contributed by atoms with Crippen molar-refractivity contribution < 1.29 is 39.8 Å². The Labute approximate surface area is 417 Å². The lowest BCUT2D eigenvalue weighted by molar-refractivity contribution is -0.302. The SMILES string of the molecule is CC/C=C\C/C=C\C/C=C\C/C=C\C/C=C\CCCCCCCC(=O)NC(COC1OC(CO)C(O)C(O)C1O)C(O)/C=C/CCCCCCCCCCCCCCCCCCCCCCCC. The van der Waals surface area contributed by atoms with Crippen LogP contribution in [0.15, 0.2) is 72.9 Å². The first-order valence-corrected chi connectivity index (χ1v) is 28.2. The highest BCUT2D eigenvalue weighted by Crippen LogP contribution is 2.23. The van der Waals surface area contributed by atoms with Crippen LogP contribution in [0.2, 0.25) is 0 Å². The van der Waals surface area contributed by atoms with Crippen molar-refractivity contribution in [1.82, 2.24) is 5.32 Å². The van der Waals surface area contributed by atoms with Crippen LogP contribution in [0, 0.1) is 0 Å². The summed E-state index contributed by atoms with van der Waals surface area (Å²) in [5, 5.41) is 54.5. The van der Waals surface area contributed by atoms with Crippen LogP contribution in [-0.4, -0.2) is 87.5 Å². The van der Waals surface area contributed by atoms with Crippen LogP contribution in [0.3, 0.4) is 0 Å². The molecule has 1 aliphatic heterocycles. The van der Waals surface area contributed by atoms with Crippen LogP contribution in [0.25, 0.3) is 0 Å². The molecule has 1 saturated heterocycles. The number of aliphatic hydroxyl groups is 5. The topological polar surface area (TPSA) is 149 Å². The maximum atomic E-state index is 13.0. The fraction of sp³-hybridized carbons (Fsp3) is 0.780. The molecule has 394 valence electrons. The van der Waals surface area contributed by atoms with E-state index in [2.05, 4.69) is 79.9 Å². The van der Waals surface area contributed by atoms with Crippen molar-refractivity contribution in [3.05, 3.63) is 72.9 Å². The molecule has 6 N–H and O–H groups in total. The molecule has 0 aromatic heterocycles. The van der Waals surface area contributed by atoms with Gasteiger partial charge in [0.1, 0.15) is 24.4 Å². The van der Waals surface area contributed by atoms with Crippen molar-refractivity contribution in [3.63, 3.8) is 0 Å². The summed E-state index contributed by atoms with van der Waals surface area (Å²) in [5.41, 5.74) is 0. The van der Waals surface area contributed by atoms with E-state index in [9.17, 15) is 30.3 Å². The van der Waals surface area contributed by atoms with Crippen LogP contribution in [0.5, 0.6) is 0 Å². The summed E-state index contributed by atoms with van der Waals surface area (Å²) >= 11 is 0. The summed E-state index contributed by atoms with van der Waals surface area (Å²) in [6.07, 6.45) is 59.6. The number of unbranched alkanes of at least 4 members (excludes halogenated alkanes) is 27. The van der Waals surface area contributed by atoms with Gasteiger partial charge in [-0.25, -0.2) is 0 Å². The second kappa shape index (κ2) is 48.3. The van der Waals surface area contributed by atoms with Gasteiger partial charge in [-0.2, -0.15) is 0 Å². The average molecular weight is 956 g/mol. The van der Waals surface area contributed by atoms with Gasteiger partial charge in [-0.3, -0.25) is 4.79 Å². The number of carbonyl (C=O) groups excluding carboxylic acids is 1. The van der Waals surface area contributed by atoms with E-state index in [-0.39, 0.29) is 12.5 Å². The normalized spacial score (nSPS) is 20.1. The van der Waals surface area contributed by atoms with Gasteiger partial charge in [0, 0.05) is 6.42 Å². The summed E-state index contributed by atoms with van der Waals surface area (Å²) in [6.45, 7) is 3.67. The molecule has 7 unspecified atom stereocenters. The zero-order valence-electron chi connectivity index (χ0n) is 43.6. The predicted octanol–water partition coefficient (Wildman–Crippen LogP) is 13.7. The van der Waals surface area contributed by atoms with E-state index in [0.717, 1.165) is 89.9 Å². The summed E-state index contributed by atoms with van der Waals surface area (Å²) in [4.78, 5) is 13.0. The Balaban J connectivity index is 2.27. The number of carbonyl (C=O) groups is 1. The molecule has 9 nitrogen and oxygen atoms in total. The fourth-order valence-electron chi connectivity index (χ4n) is 8.60. The number of allylic oxidation sites excluding steroid dienone is 11. The maximum Gasteiger partial charge on any atom is 0.220 e. The number of ether oxygens (including phenoxy) is 2. The minimum Gasteiger partial charge on any atom is -0.394 e. The molecule has 0 aromatic rings. The van der Waals surface area contributed by atoms with Gasteiger partial charge >= 0.3 is 0 Å². The lowest BCUT2D eigenvalue weighted by Crippen LogP contribution is -2.60. The molecule has 0 radical (unpaired) electrons. The van der Waals surface area contributed by atoms with Gasteiger partial charge in [0.15, 0.2) is 6.29 Å². The average Bonchev–Trinajstić information content (AvgIpc) is 3.34. The molecule has 68 heavy (non-hydrogen) atoms. The van der Waals surface area contributed by atoms with E-state index in [1.807, 2.05) is 6.08 Å². The Morgan fingerprint density at radius 1 is 0.515 bits per heavy atom. The molecule has 0 aromatic carbocycles. The van der Waals surface area contributed by atoms with Gasteiger partial charge < -0.3 is 40.3 Å². The Morgan fingerprint density at radius 3 is 1.35 bits per heavy atom. The van der Waals surface area contributed by atoms with Crippen molar-refractivity contribution in [3.8, 4) is 0 Å². The number of rotatable bonds is 47. The Bertz CT molecular complexity index is 1290. The van der Waals surface area contributed by atoms with Crippen molar-refractivity contribution in [2.24, 2.45) is 0 Å². The van der Waals surface area contributed by atoms with E-state index in [1.165, 1.54) is 128 Å². The molecular formula is C59H105NO8. The first-order chi connectivity index (χ1) is 33.3. The zero-order valence-corrected chi connectivity index (χ0v) is 43.6. The third kappa shape index (κ3) is 37.5. The number of hydrogen-bond acceptors (Lipinski definition) is 8. The highest BCUT2D eigenvalue weighted by atomic mass is 16.7. The predicted molar refractivity (Wildman–Crippen MR) is 285 cm³/mol. The highest BCUT2D eigenvalue weighted by molar-refractivity contribution is 5.76. The smallest absolute Gasteiger partial charge is 0.220 e. The van der Waals surface area contributed by atoms with Gasteiger partial charge in [0.25, 0.3) is 0 Å². The molecule has 0 saturated carbocycles. The maximum absolute atomic E-state index is 13.0. The molecule has 7 atom stereocenters. The van der Waals surface area contributed by atoms with Gasteiger partial charge in [0.2, 0.25) is 5.91 Å². The zero-order chi connectivity index (χ0) is 49.4. The van der Waals surface area contributed by atoms with E-state index in [0.29, 0.717) is 6.42 Å². The minimum absolute atomic E-state index is 0.196. The van der Waals surface area contributed by atoms with E-state index in [4.69, 9.17) is 9.47 Å². The van der Waals surface area contributed by atoms with Gasteiger partial charge in [0.05, 0.1) is 25.4 Å². The lowest BCUT2D eigenvalue weighted by Gasteiger charge is -2.40. The quantitative estimate of drug-likeness (QED) is 0.0261. The van der Waals surface area contributed by atoms with Crippen molar-refractivity contribution >= 4 is 5.91 Å². The highest BCUT2D eigenvalue weighted by Gasteiger charge is 2.44. The van der Waals surface area contributed by atoms with Crippen LogP contribution in [0.4, 0.5) is 0 Å². The molecule has 1 amide bonds. The minimum atomic E-state index is -1.57. The molecule has 0 spiro atoms. The molecule has 0 aliphatic carbocycles. The van der Waals surface area contributed by atoms with Crippen molar-refractivity contribution in [1.29, 1.82) is 0 Å². The van der Waals surface area contributed by atoms with E-state index in [1.54, 1.807) is 6.08 Å². The third-order valence-electron chi connectivity index (χ3n) is 13.0. The Morgan fingerprint density at radius 2 is 0.912 bits per heavy atom. The van der Waals surface area contributed by atoms with E-state index < -0.39 is 49.5 Å². The molecule has 1 rings (SSSR count). The van der Waals surface area contributed by atoms with Gasteiger partial charge in [-0.15, -0.1) is 0 Å². The largest absolute Gasteiger partial charge is 0.394 e. The summed E-state index contributed by atoms with van der Waals surface area (Å²) in [6, 6.07) is -0.820. The van der Waals surface area contributed by atoms with Crippen LogP contribution in [0.1, 0.15) is 239 Å². The second-order valence-corrected chi connectivity index (χ2v) is 19.4. The number of nitrogens with one attached hydrogen (secondary N) is 1. The van der Waals surface area contributed by atoms with Gasteiger partial charge in [-0.1, -0.05) is 241 Å². The molecule has 1 aliphatic rings. The third-order valence-corrected chi connectivity index (χ3v) is 13.0. The van der Waals surface area contributed by atoms with Crippen LogP contribution >= 0.6 is 0 Å². The van der Waals surface area contributed by atoms with E-state index >= 15 is 0 Å². The first kappa shape index (κ1) is 63.6. The molecule has 1 heterocycles. The molecule has 9 heteroatoms. The summed E-state index contributed by atoms with van der Waals surface area (Å²) in [7, 11) is 0. The Kier molecular flexibility index (Phi) is 45.2. The second-order valence-electron chi connectivity index (χ2n) is 19.4. The Hall–Kier alpha value is -2.37. The van der Waals surface area contributed by atoms with Crippen molar-refractivity contribution in [2.75, 3.05) is 13.2 Å². The van der Waals surface area contributed by atoms with Crippen LogP contribution < -0.4 is 5.32 Å².